The molecule has 2 rings (SSSR count). The third-order valence-electron chi connectivity index (χ3n) is 3.04. The van der Waals surface area contributed by atoms with Gasteiger partial charge in [-0.25, -0.2) is 0 Å². The highest BCUT2D eigenvalue weighted by Crippen LogP contribution is 2.19. The van der Waals surface area contributed by atoms with Crippen LogP contribution in [0.15, 0.2) is 24.3 Å². The van der Waals surface area contributed by atoms with Crippen molar-refractivity contribution in [2.45, 2.75) is 26.4 Å². The summed E-state index contributed by atoms with van der Waals surface area (Å²) in [5.74, 6) is 0.770. The van der Waals surface area contributed by atoms with Gasteiger partial charge in [-0.3, -0.25) is 4.79 Å². The topological polar surface area (TPSA) is 46.3 Å². The van der Waals surface area contributed by atoms with Gasteiger partial charge < -0.3 is 10.6 Å². The van der Waals surface area contributed by atoms with Gasteiger partial charge in [0.2, 0.25) is 5.91 Å². The molecule has 1 aliphatic heterocycles. The fraction of sp³-hybridized carbons (Fsp3) is 0.462. The predicted molar refractivity (Wildman–Crippen MR) is 63.5 cm³/mol. The van der Waals surface area contributed by atoms with Gasteiger partial charge in [0.15, 0.2) is 0 Å². The first-order valence-corrected chi connectivity index (χ1v) is 5.74. The predicted octanol–water partition coefficient (Wildman–Crippen LogP) is 1.51. The van der Waals surface area contributed by atoms with Crippen LogP contribution < -0.4 is 5.73 Å². The molecule has 1 fully saturated rings. The SMILES string of the molecule is CC1CC(=O)N(Cc2ccc(CN)cc2)C1. The van der Waals surface area contributed by atoms with E-state index < -0.39 is 0 Å². The van der Waals surface area contributed by atoms with Crippen molar-refractivity contribution < 1.29 is 4.79 Å². The molecule has 1 aliphatic rings. The Labute approximate surface area is 96.2 Å². The minimum absolute atomic E-state index is 0.274. The lowest BCUT2D eigenvalue weighted by Gasteiger charge is -2.16. The number of nitrogens with zero attached hydrogens (tertiary/aromatic N) is 1. The molecule has 0 aromatic heterocycles. The normalized spacial score (nSPS) is 20.5. The van der Waals surface area contributed by atoms with Gasteiger partial charge in [0.25, 0.3) is 0 Å². The second-order valence-electron chi connectivity index (χ2n) is 4.60. The van der Waals surface area contributed by atoms with Gasteiger partial charge in [0.05, 0.1) is 0 Å². The van der Waals surface area contributed by atoms with Gasteiger partial charge in [0, 0.05) is 26.1 Å². The lowest BCUT2D eigenvalue weighted by atomic mass is 10.1. The molecule has 0 bridgehead atoms. The van der Waals surface area contributed by atoms with Crippen molar-refractivity contribution in [3.05, 3.63) is 35.4 Å². The van der Waals surface area contributed by atoms with Crippen molar-refractivity contribution in [3.63, 3.8) is 0 Å². The molecule has 1 aromatic rings. The Morgan fingerprint density at radius 3 is 2.44 bits per heavy atom. The number of benzene rings is 1. The van der Waals surface area contributed by atoms with E-state index in [1.165, 1.54) is 5.56 Å². The first kappa shape index (κ1) is 11.1. The smallest absolute Gasteiger partial charge is 0.223 e. The summed E-state index contributed by atoms with van der Waals surface area (Å²) in [5, 5.41) is 0. The number of hydrogen-bond acceptors (Lipinski definition) is 2. The minimum atomic E-state index is 0.274. The van der Waals surface area contributed by atoms with E-state index in [1.54, 1.807) is 0 Å². The molecule has 1 amide bonds. The standard InChI is InChI=1S/C13H18N2O/c1-10-6-13(16)15(8-10)9-12-4-2-11(7-14)3-5-12/h2-5,10H,6-9,14H2,1H3. The van der Waals surface area contributed by atoms with Crippen molar-refractivity contribution in [3.8, 4) is 0 Å². The lowest BCUT2D eigenvalue weighted by molar-refractivity contribution is -0.128. The largest absolute Gasteiger partial charge is 0.338 e. The highest BCUT2D eigenvalue weighted by Gasteiger charge is 2.25. The molecule has 0 saturated carbocycles. The quantitative estimate of drug-likeness (QED) is 0.836. The molecule has 1 aromatic carbocycles. The highest BCUT2D eigenvalue weighted by molar-refractivity contribution is 5.78. The second-order valence-corrected chi connectivity index (χ2v) is 4.60. The van der Waals surface area contributed by atoms with Crippen LogP contribution in [0.1, 0.15) is 24.5 Å². The zero-order valence-electron chi connectivity index (χ0n) is 9.65. The summed E-state index contributed by atoms with van der Waals surface area (Å²) in [6, 6.07) is 8.16. The Hall–Kier alpha value is -1.35. The van der Waals surface area contributed by atoms with Gasteiger partial charge in [-0.05, 0) is 17.0 Å². The Morgan fingerprint density at radius 1 is 1.31 bits per heavy atom. The Bertz CT molecular complexity index is 372. The van der Waals surface area contributed by atoms with Crippen LogP contribution in [0.3, 0.4) is 0 Å². The molecule has 1 heterocycles. The lowest BCUT2D eigenvalue weighted by Crippen LogP contribution is -2.24. The van der Waals surface area contributed by atoms with E-state index in [1.807, 2.05) is 17.0 Å². The molecule has 86 valence electrons. The number of carbonyl (C=O) groups is 1. The van der Waals surface area contributed by atoms with Crippen LogP contribution in [0.2, 0.25) is 0 Å². The summed E-state index contributed by atoms with van der Waals surface area (Å²) in [4.78, 5) is 13.6. The summed E-state index contributed by atoms with van der Waals surface area (Å²) in [5.41, 5.74) is 7.85. The molecular weight excluding hydrogens is 200 g/mol. The van der Waals surface area contributed by atoms with E-state index in [4.69, 9.17) is 5.73 Å². The van der Waals surface area contributed by atoms with Crippen molar-refractivity contribution in [1.82, 2.24) is 4.90 Å². The molecule has 16 heavy (non-hydrogen) atoms. The first-order valence-electron chi connectivity index (χ1n) is 5.74. The number of hydrogen-bond donors (Lipinski definition) is 1. The molecule has 3 heteroatoms. The molecule has 0 radical (unpaired) electrons. The zero-order chi connectivity index (χ0) is 11.5. The summed E-state index contributed by atoms with van der Waals surface area (Å²) < 4.78 is 0. The number of rotatable bonds is 3. The van der Waals surface area contributed by atoms with Gasteiger partial charge in [-0.2, -0.15) is 0 Å². The van der Waals surface area contributed by atoms with Crippen molar-refractivity contribution in [2.75, 3.05) is 6.54 Å². The third-order valence-corrected chi connectivity index (χ3v) is 3.04. The maximum absolute atomic E-state index is 11.6. The Morgan fingerprint density at radius 2 is 1.94 bits per heavy atom. The Balaban J connectivity index is 2.01. The molecule has 3 nitrogen and oxygen atoms in total. The van der Waals surface area contributed by atoms with Crippen LogP contribution in [-0.2, 0) is 17.9 Å². The molecular formula is C13H18N2O. The number of carbonyl (C=O) groups excluding carboxylic acids is 1. The van der Waals surface area contributed by atoms with Crippen molar-refractivity contribution in [1.29, 1.82) is 0 Å². The van der Waals surface area contributed by atoms with Gasteiger partial charge >= 0.3 is 0 Å². The summed E-state index contributed by atoms with van der Waals surface area (Å²) in [6.07, 6.45) is 0.695. The van der Waals surface area contributed by atoms with Crippen LogP contribution >= 0.6 is 0 Å². The van der Waals surface area contributed by atoms with Gasteiger partial charge in [-0.15, -0.1) is 0 Å². The van der Waals surface area contributed by atoms with Crippen molar-refractivity contribution >= 4 is 5.91 Å². The van der Waals surface area contributed by atoms with E-state index in [0.717, 1.165) is 18.7 Å². The number of amides is 1. The van der Waals surface area contributed by atoms with Crippen LogP contribution in [0.25, 0.3) is 0 Å². The number of likely N-dealkylation sites (tertiary alicyclic amines) is 1. The second kappa shape index (κ2) is 4.66. The van der Waals surface area contributed by atoms with E-state index in [-0.39, 0.29) is 5.91 Å². The monoisotopic (exact) mass is 218 g/mol. The van der Waals surface area contributed by atoms with Crippen LogP contribution in [0.5, 0.6) is 0 Å². The molecule has 1 saturated heterocycles. The van der Waals surface area contributed by atoms with Crippen LogP contribution in [0, 0.1) is 5.92 Å². The van der Waals surface area contributed by atoms with E-state index in [9.17, 15) is 4.79 Å². The fourth-order valence-electron chi connectivity index (χ4n) is 2.12. The maximum atomic E-state index is 11.6. The van der Waals surface area contributed by atoms with Gasteiger partial charge in [-0.1, -0.05) is 31.2 Å². The minimum Gasteiger partial charge on any atom is -0.338 e. The van der Waals surface area contributed by atoms with Crippen LogP contribution in [-0.4, -0.2) is 17.4 Å². The average Bonchev–Trinajstić information content (AvgIpc) is 2.59. The summed E-state index contributed by atoms with van der Waals surface area (Å²) in [6.45, 7) is 4.31. The summed E-state index contributed by atoms with van der Waals surface area (Å²) >= 11 is 0. The maximum Gasteiger partial charge on any atom is 0.223 e. The third kappa shape index (κ3) is 2.42. The van der Waals surface area contributed by atoms with Gasteiger partial charge in [0.1, 0.15) is 0 Å². The average molecular weight is 218 g/mol. The van der Waals surface area contributed by atoms with E-state index >= 15 is 0 Å². The zero-order valence-corrected chi connectivity index (χ0v) is 9.65. The molecule has 0 spiro atoms. The van der Waals surface area contributed by atoms with E-state index in [0.29, 0.717) is 18.9 Å². The Kier molecular flexibility index (Phi) is 3.25. The highest BCUT2D eigenvalue weighted by atomic mass is 16.2. The molecule has 1 atom stereocenters. The fourth-order valence-corrected chi connectivity index (χ4v) is 2.12. The molecule has 1 unspecified atom stereocenters. The first-order chi connectivity index (χ1) is 7.69. The number of nitrogens with two attached hydrogens (primary N) is 1. The van der Waals surface area contributed by atoms with Crippen molar-refractivity contribution in [2.24, 2.45) is 11.7 Å². The van der Waals surface area contributed by atoms with Crippen LogP contribution in [0.4, 0.5) is 0 Å². The van der Waals surface area contributed by atoms with E-state index in [2.05, 4.69) is 19.1 Å². The summed E-state index contributed by atoms with van der Waals surface area (Å²) in [7, 11) is 0. The molecule has 0 aliphatic carbocycles. The molecule has 2 N–H and O–H groups in total.